The molecule has 7 heteroatoms. The molecule has 1 N–H and O–H groups in total. The van der Waals surface area contributed by atoms with E-state index in [4.69, 9.17) is 9.84 Å². The van der Waals surface area contributed by atoms with Crippen molar-refractivity contribution < 1.29 is 19.4 Å². The first-order valence-electron chi connectivity index (χ1n) is 7.17. The first-order valence-corrected chi connectivity index (χ1v) is 7.17. The van der Waals surface area contributed by atoms with E-state index in [1.807, 2.05) is 4.90 Å². The number of carbonyl (C=O) groups is 2. The molecule has 2 rings (SSSR count). The van der Waals surface area contributed by atoms with Crippen molar-refractivity contribution in [1.29, 1.82) is 0 Å². The molecule has 7 nitrogen and oxygen atoms in total. The highest BCUT2D eigenvalue weighted by Gasteiger charge is 2.22. The van der Waals surface area contributed by atoms with Crippen molar-refractivity contribution >= 4 is 11.9 Å². The smallest absolute Gasteiger partial charge is 0.304 e. The molecule has 0 aliphatic carbocycles. The van der Waals surface area contributed by atoms with Crippen LogP contribution in [0, 0.1) is 0 Å². The molecule has 114 valence electrons. The topological polar surface area (TPSA) is 73.3 Å². The van der Waals surface area contributed by atoms with Gasteiger partial charge in [-0.15, -0.1) is 0 Å². The standard InChI is InChI=1S/C13H23N3O4/c17-12(16-7-9-20-10-8-16)11-15-5-3-14(4-6-15)2-1-13(18)19/h1-11H2,(H,18,19). The van der Waals surface area contributed by atoms with Crippen LogP contribution in [0.2, 0.25) is 0 Å². The van der Waals surface area contributed by atoms with E-state index < -0.39 is 5.97 Å². The molecule has 1 amide bonds. The number of nitrogens with zero attached hydrogens (tertiary/aromatic N) is 3. The molecule has 2 aliphatic rings. The number of aliphatic carboxylic acids is 1. The summed E-state index contributed by atoms with van der Waals surface area (Å²) in [5.41, 5.74) is 0. The fourth-order valence-corrected chi connectivity index (χ4v) is 2.53. The Kier molecular flexibility index (Phi) is 5.75. The van der Waals surface area contributed by atoms with Crippen LogP contribution in [0.5, 0.6) is 0 Å². The maximum Gasteiger partial charge on any atom is 0.304 e. The average molecular weight is 285 g/mol. The fourth-order valence-electron chi connectivity index (χ4n) is 2.53. The van der Waals surface area contributed by atoms with Gasteiger partial charge in [-0.05, 0) is 0 Å². The van der Waals surface area contributed by atoms with Gasteiger partial charge >= 0.3 is 5.97 Å². The van der Waals surface area contributed by atoms with Crippen LogP contribution in [-0.4, -0.2) is 97.3 Å². The van der Waals surface area contributed by atoms with Gasteiger partial charge in [-0.3, -0.25) is 14.5 Å². The largest absolute Gasteiger partial charge is 0.481 e. The van der Waals surface area contributed by atoms with Gasteiger partial charge in [-0.25, -0.2) is 0 Å². The first kappa shape index (κ1) is 15.2. The Hall–Kier alpha value is -1.18. The molecule has 0 aromatic rings. The summed E-state index contributed by atoms with van der Waals surface area (Å²) >= 11 is 0. The average Bonchev–Trinajstić information content (AvgIpc) is 2.47. The molecule has 2 heterocycles. The predicted molar refractivity (Wildman–Crippen MR) is 72.5 cm³/mol. The van der Waals surface area contributed by atoms with Crippen LogP contribution >= 0.6 is 0 Å². The summed E-state index contributed by atoms with van der Waals surface area (Å²) in [4.78, 5) is 28.8. The third-order valence-corrected chi connectivity index (χ3v) is 3.83. The summed E-state index contributed by atoms with van der Waals surface area (Å²) in [6.45, 7) is 7.05. The Morgan fingerprint density at radius 1 is 0.950 bits per heavy atom. The molecule has 0 saturated carbocycles. The Labute approximate surface area is 119 Å². The van der Waals surface area contributed by atoms with Crippen LogP contribution in [0.15, 0.2) is 0 Å². The number of ether oxygens (including phenoxy) is 1. The lowest BCUT2D eigenvalue weighted by molar-refractivity contribution is -0.137. The predicted octanol–water partition coefficient (Wildman–Crippen LogP) is -1.06. The van der Waals surface area contributed by atoms with Crippen molar-refractivity contribution in [3.8, 4) is 0 Å². The molecule has 0 radical (unpaired) electrons. The Morgan fingerprint density at radius 2 is 1.55 bits per heavy atom. The van der Waals surface area contributed by atoms with Gasteiger partial charge in [0, 0.05) is 45.8 Å². The number of morpholine rings is 1. The van der Waals surface area contributed by atoms with Gasteiger partial charge in [0.1, 0.15) is 0 Å². The molecule has 0 aromatic carbocycles. The van der Waals surface area contributed by atoms with Crippen LogP contribution in [0.1, 0.15) is 6.42 Å². The van der Waals surface area contributed by atoms with Gasteiger partial charge in [0.2, 0.25) is 5.91 Å². The minimum Gasteiger partial charge on any atom is -0.481 e. The summed E-state index contributed by atoms with van der Waals surface area (Å²) in [6, 6.07) is 0. The van der Waals surface area contributed by atoms with Gasteiger partial charge in [0.25, 0.3) is 0 Å². The maximum atomic E-state index is 12.1. The summed E-state index contributed by atoms with van der Waals surface area (Å²) in [7, 11) is 0. The number of rotatable bonds is 5. The van der Waals surface area contributed by atoms with Gasteiger partial charge in [-0.2, -0.15) is 0 Å². The van der Waals surface area contributed by atoms with Crippen molar-refractivity contribution in [3.05, 3.63) is 0 Å². The molecule has 0 atom stereocenters. The van der Waals surface area contributed by atoms with E-state index in [0.717, 1.165) is 26.2 Å². The zero-order valence-electron chi connectivity index (χ0n) is 11.8. The molecule has 0 spiro atoms. The molecular weight excluding hydrogens is 262 g/mol. The molecule has 0 bridgehead atoms. The minimum atomic E-state index is -0.755. The first-order chi connectivity index (χ1) is 9.65. The molecule has 0 unspecified atom stereocenters. The lowest BCUT2D eigenvalue weighted by Crippen LogP contribution is -2.51. The van der Waals surface area contributed by atoms with E-state index in [2.05, 4.69) is 9.80 Å². The maximum absolute atomic E-state index is 12.1. The highest BCUT2D eigenvalue weighted by Crippen LogP contribution is 2.05. The monoisotopic (exact) mass is 285 g/mol. The molecular formula is C13H23N3O4. The molecule has 2 saturated heterocycles. The zero-order chi connectivity index (χ0) is 14.4. The molecule has 20 heavy (non-hydrogen) atoms. The summed E-state index contributed by atoms with van der Waals surface area (Å²) in [5.74, 6) is -0.581. The third kappa shape index (κ3) is 4.73. The van der Waals surface area contributed by atoms with Crippen molar-refractivity contribution in [2.24, 2.45) is 0 Å². The second-order valence-corrected chi connectivity index (χ2v) is 5.25. The summed E-state index contributed by atoms with van der Waals surface area (Å²) in [5, 5.41) is 8.66. The number of carboxylic acids is 1. The Morgan fingerprint density at radius 3 is 2.15 bits per heavy atom. The number of piperazine rings is 1. The number of hydrogen-bond donors (Lipinski definition) is 1. The van der Waals surface area contributed by atoms with Crippen molar-refractivity contribution in [2.75, 3.05) is 65.6 Å². The van der Waals surface area contributed by atoms with Gasteiger partial charge in [0.15, 0.2) is 0 Å². The van der Waals surface area contributed by atoms with Crippen molar-refractivity contribution in [2.45, 2.75) is 6.42 Å². The van der Waals surface area contributed by atoms with Crippen LogP contribution in [0.3, 0.4) is 0 Å². The lowest BCUT2D eigenvalue weighted by Gasteiger charge is -2.35. The summed E-state index contributed by atoms with van der Waals surface area (Å²) in [6.07, 6.45) is 0.187. The SMILES string of the molecule is O=C(O)CCN1CCN(CC(=O)N2CCOCC2)CC1. The summed E-state index contributed by atoms with van der Waals surface area (Å²) < 4.78 is 5.24. The number of hydrogen-bond acceptors (Lipinski definition) is 5. The highest BCUT2D eigenvalue weighted by atomic mass is 16.5. The van der Waals surface area contributed by atoms with E-state index in [1.165, 1.54) is 0 Å². The second kappa shape index (κ2) is 7.56. The van der Waals surface area contributed by atoms with Crippen molar-refractivity contribution in [3.63, 3.8) is 0 Å². The van der Waals surface area contributed by atoms with Gasteiger partial charge < -0.3 is 19.6 Å². The number of amides is 1. The highest BCUT2D eigenvalue weighted by molar-refractivity contribution is 5.78. The third-order valence-electron chi connectivity index (χ3n) is 3.83. The lowest BCUT2D eigenvalue weighted by atomic mass is 10.2. The number of carboxylic acid groups (broad SMARTS) is 1. The second-order valence-electron chi connectivity index (χ2n) is 5.25. The zero-order valence-corrected chi connectivity index (χ0v) is 11.8. The minimum absolute atomic E-state index is 0.173. The van der Waals surface area contributed by atoms with E-state index in [-0.39, 0.29) is 12.3 Å². The van der Waals surface area contributed by atoms with Crippen LogP contribution in [-0.2, 0) is 14.3 Å². The Balaban J connectivity index is 1.66. The number of carbonyl (C=O) groups excluding carboxylic acids is 1. The van der Waals surface area contributed by atoms with Gasteiger partial charge in [0.05, 0.1) is 26.2 Å². The van der Waals surface area contributed by atoms with E-state index in [0.29, 0.717) is 39.4 Å². The molecule has 2 aliphatic heterocycles. The van der Waals surface area contributed by atoms with E-state index >= 15 is 0 Å². The van der Waals surface area contributed by atoms with Crippen LogP contribution in [0.4, 0.5) is 0 Å². The fraction of sp³-hybridized carbons (Fsp3) is 0.846. The van der Waals surface area contributed by atoms with E-state index in [1.54, 1.807) is 0 Å². The normalized spacial score (nSPS) is 21.9. The molecule has 0 aromatic heterocycles. The Bertz CT molecular complexity index is 337. The van der Waals surface area contributed by atoms with Crippen LogP contribution < -0.4 is 0 Å². The van der Waals surface area contributed by atoms with Crippen molar-refractivity contribution in [1.82, 2.24) is 14.7 Å². The van der Waals surface area contributed by atoms with Gasteiger partial charge in [-0.1, -0.05) is 0 Å². The molecule has 2 fully saturated rings. The quantitative estimate of drug-likeness (QED) is 0.694. The van der Waals surface area contributed by atoms with Crippen LogP contribution in [0.25, 0.3) is 0 Å². The van der Waals surface area contributed by atoms with E-state index in [9.17, 15) is 9.59 Å².